The highest BCUT2D eigenvalue weighted by atomic mass is 79.9. The van der Waals surface area contributed by atoms with Gasteiger partial charge in [0.25, 0.3) is 0 Å². The zero-order valence-electron chi connectivity index (χ0n) is 15.1. The lowest BCUT2D eigenvalue weighted by Gasteiger charge is -2.36. The second-order valence-electron chi connectivity index (χ2n) is 6.42. The summed E-state index contributed by atoms with van der Waals surface area (Å²) in [6.07, 6.45) is 0.127. The molecule has 3 rings (SSSR count). The van der Waals surface area contributed by atoms with Crippen LogP contribution in [-0.2, 0) is 14.8 Å². The van der Waals surface area contributed by atoms with Gasteiger partial charge in [0, 0.05) is 43.6 Å². The summed E-state index contributed by atoms with van der Waals surface area (Å²) < 4.78 is 27.8. The van der Waals surface area contributed by atoms with E-state index in [-0.39, 0.29) is 23.8 Å². The maximum atomic E-state index is 12.4. The summed E-state index contributed by atoms with van der Waals surface area (Å²) in [6, 6.07) is 14.0. The van der Waals surface area contributed by atoms with E-state index in [0.29, 0.717) is 31.2 Å². The third-order valence-electron chi connectivity index (χ3n) is 4.58. The van der Waals surface area contributed by atoms with Gasteiger partial charge in [-0.3, -0.25) is 4.79 Å². The molecule has 0 bridgehead atoms. The molecule has 28 heavy (non-hydrogen) atoms. The van der Waals surface area contributed by atoms with E-state index in [1.165, 1.54) is 12.1 Å². The number of hydrogen-bond acceptors (Lipinski definition) is 4. The first kappa shape index (κ1) is 21.1. The van der Waals surface area contributed by atoms with Crippen LogP contribution in [0.1, 0.15) is 6.42 Å². The van der Waals surface area contributed by atoms with E-state index in [1.807, 2.05) is 24.3 Å². The second-order valence-corrected chi connectivity index (χ2v) is 9.51. The van der Waals surface area contributed by atoms with E-state index in [1.54, 1.807) is 17.0 Å². The third-order valence-corrected chi connectivity index (χ3v) is 6.91. The molecular formula is C19H21BrClN3O3S. The van der Waals surface area contributed by atoms with Gasteiger partial charge >= 0.3 is 0 Å². The van der Waals surface area contributed by atoms with Gasteiger partial charge in [0.1, 0.15) is 0 Å². The van der Waals surface area contributed by atoms with Gasteiger partial charge in [-0.2, -0.15) is 0 Å². The molecule has 0 radical (unpaired) electrons. The van der Waals surface area contributed by atoms with Gasteiger partial charge in [0.05, 0.1) is 15.6 Å². The summed E-state index contributed by atoms with van der Waals surface area (Å²) in [4.78, 5) is 16.5. The number of anilines is 1. The highest BCUT2D eigenvalue weighted by molar-refractivity contribution is 9.10. The van der Waals surface area contributed by atoms with Crippen molar-refractivity contribution in [1.82, 2.24) is 9.62 Å². The van der Waals surface area contributed by atoms with Crippen molar-refractivity contribution < 1.29 is 13.2 Å². The fourth-order valence-electron chi connectivity index (χ4n) is 3.05. The van der Waals surface area contributed by atoms with Crippen molar-refractivity contribution in [3.63, 3.8) is 0 Å². The Bertz CT molecular complexity index is 930. The molecule has 1 aliphatic rings. The van der Waals surface area contributed by atoms with Crippen molar-refractivity contribution in [1.29, 1.82) is 0 Å². The number of nitrogens with one attached hydrogen (secondary N) is 1. The lowest BCUT2D eigenvalue weighted by molar-refractivity contribution is -0.131. The Morgan fingerprint density at radius 3 is 2.32 bits per heavy atom. The van der Waals surface area contributed by atoms with Crippen molar-refractivity contribution in [2.24, 2.45) is 0 Å². The van der Waals surface area contributed by atoms with Gasteiger partial charge in [-0.15, -0.1) is 0 Å². The van der Waals surface area contributed by atoms with Gasteiger partial charge in [0.15, 0.2) is 0 Å². The number of sulfonamides is 1. The minimum Gasteiger partial charge on any atom is -0.367 e. The average Bonchev–Trinajstić information content (AvgIpc) is 2.68. The first-order valence-corrected chi connectivity index (χ1v) is 11.5. The van der Waals surface area contributed by atoms with Crippen LogP contribution in [-0.4, -0.2) is 51.9 Å². The zero-order valence-corrected chi connectivity index (χ0v) is 18.3. The van der Waals surface area contributed by atoms with E-state index >= 15 is 0 Å². The molecule has 1 fully saturated rings. The van der Waals surface area contributed by atoms with Crippen molar-refractivity contribution in [2.75, 3.05) is 37.6 Å². The van der Waals surface area contributed by atoms with E-state index in [4.69, 9.17) is 11.6 Å². The van der Waals surface area contributed by atoms with E-state index < -0.39 is 10.0 Å². The topological polar surface area (TPSA) is 69.7 Å². The van der Waals surface area contributed by atoms with Gasteiger partial charge in [-0.25, -0.2) is 13.1 Å². The molecule has 9 heteroatoms. The molecule has 2 aromatic carbocycles. The van der Waals surface area contributed by atoms with Crippen LogP contribution in [0.2, 0.25) is 5.02 Å². The molecule has 0 unspecified atom stereocenters. The molecular weight excluding hydrogens is 466 g/mol. The fourth-order valence-corrected chi connectivity index (χ4v) is 4.60. The normalized spacial score (nSPS) is 14.9. The van der Waals surface area contributed by atoms with Crippen LogP contribution in [0.4, 0.5) is 5.69 Å². The summed E-state index contributed by atoms with van der Waals surface area (Å²) in [5.74, 6) is -0.0580. The Morgan fingerprint density at radius 1 is 1.04 bits per heavy atom. The average molecular weight is 487 g/mol. The molecule has 2 aromatic rings. The minimum absolute atomic E-state index is 0.0580. The number of para-hydroxylation sites is 1. The van der Waals surface area contributed by atoms with Crippen LogP contribution in [0.5, 0.6) is 0 Å². The summed E-state index contributed by atoms with van der Waals surface area (Å²) in [5, 5.41) is 0.699. The minimum atomic E-state index is -3.62. The predicted molar refractivity (Wildman–Crippen MR) is 114 cm³/mol. The van der Waals surface area contributed by atoms with E-state index in [0.717, 1.165) is 10.2 Å². The highest BCUT2D eigenvalue weighted by Gasteiger charge is 2.22. The quantitative estimate of drug-likeness (QED) is 0.681. The molecule has 150 valence electrons. The first-order chi connectivity index (χ1) is 13.4. The molecule has 0 aromatic heterocycles. The molecule has 1 heterocycles. The lowest BCUT2D eigenvalue weighted by atomic mass is 10.2. The zero-order chi connectivity index (χ0) is 20.1. The van der Waals surface area contributed by atoms with Crippen LogP contribution < -0.4 is 9.62 Å². The number of piperazine rings is 1. The number of hydrogen-bond donors (Lipinski definition) is 1. The summed E-state index contributed by atoms with van der Waals surface area (Å²) >= 11 is 9.51. The van der Waals surface area contributed by atoms with Crippen molar-refractivity contribution in [3.8, 4) is 0 Å². The standard InChI is InChI=1S/C19H21BrClN3O3S/c20-15-5-7-16(8-6-15)28(26,27)22-10-9-19(25)24-13-11-23(12-14-24)18-4-2-1-3-17(18)21/h1-8,22H,9-14H2. The Morgan fingerprint density at radius 2 is 1.68 bits per heavy atom. The van der Waals surface area contributed by atoms with Gasteiger partial charge in [-0.05, 0) is 36.4 Å². The highest BCUT2D eigenvalue weighted by Crippen LogP contribution is 2.26. The Balaban J connectivity index is 1.47. The van der Waals surface area contributed by atoms with E-state index in [9.17, 15) is 13.2 Å². The number of halogens is 2. The summed E-state index contributed by atoms with van der Waals surface area (Å²) in [5.41, 5.74) is 0.971. The smallest absolute Gasteiger partial charge is 0.240 e. The van der Waals surface area contributed by atoms with Crippen molar-refractivity contribution >= 4 is 49.1 Å². The molecule has 1 N–H and O–H groups in total. The van der Waals surface area contributed by atoms with Crippen molar-refractivity contribution in [3.05, 3.63) is 58.0 Å². The van der Waals surface area contributed by atoms with Crippen LogP contribution in [0.15, 0.2) is 57.9 Å². The predicted octanol–water partition coefficient (Wildman–Crippen LogP) is 3.12. The van der Waals surface area contributed by atoms with Gasteiger partial charge < -0.3 is 9.80 Å². The Hall–Kier alpha value is -1.61. The molecule has 1 saturated heterocycles. The lowest BCUT2D eigenvalue weighted by Crippen LogP contribution is -2.49. The van der Waals surface area contributed by atoms with Gasteiger partial charge in [-0.1, -0.05) is 39.7 Å². The largest absolute Gasteiger partial charge is 0.367 e. The molecule has 0 spiro atoms. The second kappa shape index (κ2) is 9.26. The number of benzene rings is 2. The maximum Gasteiger partial charge on any atom is 0.240 e. The van der Waals surface area contributed by atoms with Crippen LogP contribution in [0.3, 0.4) is 0 Å². The number of carbonyl (C=O) groups excluding carboxylic acids is 1. The van der Waals surface area contributed by atoms with Crippen LogP contribution >= 0.6 is 27.5 Å². The number of nitrogens with zero attached hydrogens (tertiary/aromatic N) is 2. The van der Waals surface area contributed by atoms with Crippen molar-refractivity contribution in [2.45, 2.75) is 11.3 Å². The van der Waals surface area contributed by atoms with Gasteiger partial charge in [0.2, 0.25) is 15.9 Å². The first-order valence-electron chi connectivity index (χ1n) is 8.89. The summed E-state index contributed by atoms with van der Waals surface area (Å²) in [6.45, 7) is 2.63. The Kier molecular flexibility index (Phi) is 6.98. The molecule has 1 aliphatic heterocycles. The van der Waals surface area contributed by atoms with Crippen LogP contribution in [0, 0.1) is 0 Å². The van der Waals surface area contributed by atoms with Crippen LogP contribution in [0.25, 0.3) is 0 Å². The molecule has 6 nitrogen and oxygen atoms in total. The van der Waals surface area contributed by atoms with E-state index in [2.05, 4.69) is 25.6 Å². The number of carbonyl (C=O) groups is 1. The monoisotopic (exact) mass is 485 g/mol. The third kappa shape index (κ3) is 5.26. The molecule has 0 aliphatic carbocycles. The molecule has 1 amide bonds. The number of amides is 1. The maximum absolute atomic E-state index is 12.4. The Labute approximate surface area is 178 Å². The summed E-state index contributed by atoms with van der Waals surface area (Å²) in [7, 11) is -3.62. The fraction of sp³-hybridized carbons (Fsp3) is 0.316. The molecule has 0 atom stereocenters. The SMILES string of the molecule is O=C(CCNS(=O)(=O)c1ccc(Br)cc1)N1CCN(c2ccccc2Cl)CC1. The molecule has 0 saturated carbocycles. The number of rotatable bonds is 6.